The van der Waals surface area contributed by atoms with E-state index in [0.717, 1.165) is 49.7 Å². The first kappa shape index (κ1) is 21.0. The van der Waals surface area contributed by atoms with Crippen LogP contribution in [0.25, 0.3) is 11.3 Å². The van der Waals surface area contributed by atoms with Gasteiger partial charge < -0.3 is 4.52 Å². The highest BCUT2D eigenvalue weighted by Gasteiger charge is 2.26. The van der Waals surface area contributed by atoms with Crippen molar-refractivity contribution < 1.29 is 4.52 Å². The molecule has 0 unspecified atom stereocenters. The van der Waals surface area contributed by atoms with Crippen LogP contribution < -0.4 is 0 Å². The van der Waals surface area contributed by atoms with Crippen LogP contribution in [0.1, 0.15) is 22.9 Å². The summed E-state index contributed by atoms with van der Waals surface area (Å²) < 4.78 is 5.58. The van der Waals surface area contributed by atoms with Crippen molar-refractivity contribution in [1.29, 1.82) is 0 Å². The highest BCUT2D eigenvalue weighted by molar-refractivity contribution is 6.33. The molecule has 0 radical (unpaired) electrons. The van der Waals surface area contributed by atoms with Crippen LogP contribution in [-0.4, -0.2) is 41.1 Å². The lowest BCUT2D eigenvalue weighted by Gasteiger charge is -2.39. The number of piperazine rings is 1. The summed E-state index contributed by atoms with van der Waals surface area (Å²) in [5.41, 5.74) is 4.50. The minimum atomic E-state index is 0.276. The third-order valence-corrected chi connectivity index (χ3v) is 6.42. The van der Waals surface area contributed by atoms with Crippen molar-refractivity contribution in [1.82, 2.24) is 15.0 Å². The van der Waals surface area contributed by atoms with Crippen LogP contribution in [0.5, 0.6) is 0 Å². The largest absolute Gasteiger partial charge is 0.356 e. The van der Waals surface area contributed by atoms with Crippen LogP contribution in [0, 0.1) is 0 Å². The topological polar surface area (TPSA) is 32.5 Å². The Morgan fingerprint density at radius 1 is 0.781 bits per heavy atom. The van der Waals surface area contributed by atoms with Gasteiger partial charge in [0, 0.05) is 44.4 Å². The molecule has 2 heterocycles. The van der Waals surface area contributed by atoms with Gasteiger partial charge in [0.2, 0.25) is 0 Å². The highest BCUT2D eigenvalue weighted by atomic mass is 35.5. The third-order valence-electron chi connectivity index (χ3n) is 6.09. The van der Waals surface area contributed by atoms with E-state index in [4.69, 9.17) is 16.1 Å². The summed E-state index contributed by atoms with van der Waals surface area (Å²) in [5, 5.41) is 4.97. The van der Waals surface area contributed by atoms with Crippen molar-refractivity contribution in [2.24, 2.45) is 0 Å². The Balaban J connectivity index is 1.26. The van der Waals surface area contributed by atoms with Gasteiger partial charge in [-0.05, 0) is 23.3 Å². The average Bonchev–Trinajstić information content (AvgIpc) is 3.30. The molecule has 0 saturated carbocycles. The fourth-order valence-electron chi connectivity index (χ4n) is 4.47. The summed E-state index contributed by atoms with van der Waals surface area (Å²) in [5.74, 6) is 0.720. The zero-order chi connectivity index (χ0) is 21.8. The van der Waals surface area contributed by atoms with E-state index in [1.807, 2.05) is 30.3 Å². The first-order valence-corrected chi connectivity index (χ1v) is 11.4. The van der Waals surface area contributed by atoms with Crippen LogP contribution in [0.4, 0.5) is 0 Å². The monoisotopic (exact) mass is 443 g/mol. The first-order chi connectivity index (χ1) is 15.8. The smallest absolute Gasteiger partial charge is 0.168 e. The molecule has 0 spiro atoms. The van der Waals surface area contributed by atoms with Crippen molar-refractivity contribution >= 4 is 11.6 Å². The minimum Gasteiger partial charge on any atom is -0.356 e. The van der Waals surface area contributed by atoms with Gasteiger partial charge in [-0.15, -0.1) is 0 Å². The number of rotatable bonds is 6. The van der Waals surface area contributed by atoms with E-state index in [0.29, 0.717) is 5.02 Å². The van der Waals surface area contributed by atoms with Gasteiger partial charge >= 0.3 is 0 Å². The predicted octanol–water partition coefficient (Wildman–Crippen LogP) is 5.90. The van der Waals surface area contributed by atoms with Gasteiger partial charge in [0.1, 0.15) is 0 Å². The Morgan fingerprint density at radius 2 is 1.38 bits per heavy atom. The SMILES string of the molecule is Clc1ccccc1-c1cc(CN2CCN(C(c3ccccc3)c3ccccc3)CC2)no1. The summed E-state index contributed by atoms with van der Waals surface area (Å²) in [7, 11) is 0. The lowest BCUT2D eigenvalue weighted by Crippen LogP contribution is -2.47. The Kier molecular flexibility index (Phi) is 6.35. The molecule has 32 heavy (non-hydrogen) atoms. The molecule has 1 fully saturated rings. The van der Waals surface area contributed by atoms with Crippen molar-refractivity contribution in [3.05, 3.63) is 113 Å². The van der Waals surface area contributed by atoms with E-state index in [9.17, 15) is 0 Å². The quantitative estimate of drug-likeness (QED) is 0.371. The number of nitrogens with zero attached hydrogens (tertiary/aromatic N) is 3. The van der Waals surface area contributed by atoms with Crippen LogP contribution >= 0.6 is 11.6 Å². The maximum Gasteiger partial charge on any atom is 0.168 e. The summed E-state index contributed by atoms with van der Waals surface area (Å²) in [6.45, 7) is 4.77. The maximum atomic E-state index is 6.30. The minimum absolute atomic E-state index is 0.276. The molecule has 4 aromatic rings. The van der Waals surface area contributed by atoms with Gasteiger partial charge in [0.05, 0.1) is 16.8 Å². The Morgan fingerprint density at radius 3 is 2.00 bits per heavy atom. The highest BCUT2D eigenvalue weighted by Crippen LogP contribution is 2.30. The number of halogens is 1. The molecule has 0 amide bonds. The molecule has 5 heteroatoms. The summed E-state index contributed by atoms with van der Waals surface area (Å²) in [6.07, 6.45) is 0. The second-order valence-electron chi connectivity index (χ2n) is 8.20. The molecule has 1 aromatic heterocycles. The summed E-state index contributed by atoms with van der Waals surface area (Å²) in [4.78, 5) is 5.02. The fourth-order valence-corrected chi connectivity index (χ4v) is 4.70. The predicted molar refractivity (Wildman–Crippen MR) is 129 cm³/mol. The van der Waals surface area contributed by atoms with Gasteiger partial charge in [-0.3, -0.25) is 9.80 Å². The average molecular weight is 444 g/mol. The number of aromatic nitrogens is 1. The molecule has 1 saturated heterocycles. The molecular weight excluding hydrogens is 418 g/mol. The van der Waals surface area contributed by atoms with Crippen molar-refractivity contribution in [2.45, 2.75) is 12.6 Å². The van der Waals surface area contributed by atoms with E-state index in [1.54, 1.807) is 0 Å². The zero-order valence-electron chi connectivity index (χ0n) is 17.9. The van der Waals surface area contributed by atoms with Gasteiger partial charge in [-0.1, -0.05) is 89.6 Å². The van der Waals surface area contributed by atoms with E-state index >= 15 is 0 Å². The molecule has 0 bridgehead atoms. The summed E-state index contributed by atoms with van der Waals surface area (Å²) >= 11 is 6.30. The number of benzene rings is 3. The van der Waals surface area contributed by atoms with E-state index in [2.05, 4.69) is 75.6 Å². The lowest BCUT2D eigenvalue weighted by molar-refractivity contribution is 0.103. The molecule has 3 aromatic carbocycles. The molecule has 5 rings (SSSR count). The van der Waals surface area contributed by atoms with Crippen LogP contribution in [0.2, 0.25) is 5.02 Å². The van der Waals surface area contributed by atoms with E-state index < -0.39 is 0 Å². The number of hydrogen-bond donors (Lipinski definition) is 0. The number of hydrogen-bond acceptors (Lipinski definition) is 4. The van der Waals surface area contributed by atoms with Gasteiger partial charge in [0.25, 0.3) is 0 Å². The molecule has 0 N–H and O–H groups in total. The zero-order valence-corrected chi connectivity index (χ0v) is 18.7. The third kappa shape index (κ3) is 4.63. The standard InChI is InChI=1S/C27H26ClN3O/c28-25-14-8-7-13-24(25)26-19-23(29-32-26)20-30-15-17-31(18-16-30)27(21-9-3-1-4-10-21)22-11-5-2-6-12-22/h1-14,19,27H,15-18,20H2. The molecule has 1 aliphatic rings. The first-order valence-electron chi connectivity index (χ1n) is 11.0. The second-order valence-corrected chi connectivity index (χ2v) is 8.61. The lowest BCUT2D eigenvalue weighted by atomic mass is 9.96. The molecule has 162 valence electrons. The fraction of sp³-hybridized carbons (Fsp3) is 0.222. The molecule has 0 aliphatic carbocycles. The van der Waals surface area contributed by atoms with Crippen LogP contribution in [0.3, 0.4) is 0 Å². The van der Waals surface area contributed by atoms with Crippen LogP contribution in [0.15, 0.2) is 95.5 Å². The van der Waals surface area contributed by atoms with E-state index in [1.165, 1.54) is 11.1 Å². The molecule has 1 aliphatic heterocycles. The Labute approximate surface area is 194 Å². The van der Waals surface area contributed by atoms with Gasteiger partial charge in [-0.2, -0.15) is 0 Å². The Hall–Kier alpha value is -2.92. The van der Waals surface area contributed by atoms with E-state index in [-0.39, 0.29) is 6.04 Å². The second kappa shape index (κ2) is 9.70. The molecular formula is C27H26ClN3O. The van der Waals surface area contributed by atoms with Crippen LogP contribution in [-0.2, 0) is 6.54 Å². The Bertz CT molecular complexity index is 1100. The van der Waals surface area contributed by atoms with Gasteiger partial charge in [-0.25, -0.2) is 0 Å². The normalized spacial score (nSPS) is 15.3. The van der Waals surface area contributed by atoms with Crippen molar-refractivity contribution in [3.8, 4) is 11.3 Å². The van der Waals surface area contributed by atoms with Crippen molar-refractivity contribution in [3.63, 3.8) is 0 Å². The van der Waals surface area contributed by atoms with Crippen molar-refractivity contribution in [2.75, 3.05) is 26.2 Å². The molecule has 0 atom stereocenters. The summed E-state index contributed by atoms with van der Waals surface area (Å²) in [6, 6.07) is 31.6. The van der Waals surface area contributed by atoms with Gasteiger partial charge in [0.15, 0.2) is 5.76 Å². The molecule has 4 nitrogen and oxygen atoms in total. The maximum absolute atomic E-state index is 6.30.